The van der Waals surface area contributed by atoms with Gasteiger partial charge in [-0.05, 0) is 37.1 Å². The highest BCUT2D eigenvalue weighted by Crippen LogP contribution is 2.31. The Morgan fingerprint density at radius 1 is 1.03 bits per heavy atom. The quantitative estimate of drug-likeness (QED) is 0.679. The minimum atomic E-state index is -0.858. The van der Waals surface area contributed by atoms with Gasteiger partial charge in [-0.25, -0.2) is 8.78 Å². The van der Waals surface area contributed by atoms with Crippen molar-refractivity contribution in [3.8, 4) is 0 Å². The van der Waals surface area contributed by atoms with Crippen molar-refractivity contribution in [3.63, 3.8) is 0 Å². The second kappa shape index (κ2) is 8.66. The van der Waals surface area contributed by atoms with Crippen molar-refractivity contribution in [1.29, 1.82) is 0 Å². The smallest absolute Gasteiger partial charge is 0.286 e. The van der Waals surface area contributed by atoms with Crippen LogP contribution >= 0.6 is 11.3 Å². The zero-order chi connectivity index (χ0) is 21.1. The number of anilines is 1. The van der Waals surface area contributed by atoms with E-state index in [-0.39, 0.29) is 22.5 Å². The summed E-state index contributed by atoms with van der Waals surface area (Å²) in [7, 11) is 0. The molecule has 0 saturated carbocycles. The molecule has 1 aliphatic heterocycles. The number of rotatable bonds is 4. The van der Waals surface area contributed by atoms with E-state index < -0.39 is 17.5 Å². The van der Waals surface area contributed by atoms with Crippen LogP contribution in [0.5, 0.6) is 0 Å². The Morgan fingerprint density at radius 2 is 1.77 bits per heavy atom. The topological polar surface area (TPSA) is 75.2 Å². The maximum atomic E-state index is 13.7. The number of nitrogens with zero attached hydrogens (tertiary/aromatic N) is 3. The molecular weight excluding hydrogens is 410 g/mol. The third-order valence-electron chi connectivity index (χ3n) is 4.97. The van der Waals surface area contributed by atoms with Crippen LogP contribution in [0.3, 0.4) is 0 Å². The molecule has 0 bridgehead atoms. The first kappa shape index (κ1) is 20.1. The van der Waals surface area contributed by atoms with Crippen LogP contribution in [0.25, 0.3) is 0 Å². The Balaban J connectivity index is 1.36. The van der Waals surface area contributed by atoms with Crippen molar-refractivity contribution in [3.05, 3.63) is 75.7 Å². The lowest BCUT2D eigenvalue weighted by Gasteiger charge is -2.31. The molecule has 154 valence electrons. The summed E-state index contributed by atoms with van der Waals surface area (Å²) in [6, 6.07) is 12.1. The van der Waals surface area contributed by atoms with E-state index in [0.717, 1.165) is 36.3 Å². The Kier molecular flexibility index (Phi) is 5.80. The molecule has 0 atom stereocenters. The molecule has 4 rings (SSSR count). The number of halogens is 2. The summed E-state index contributed by atoms with van der Waals surface area (Å²) in [4.78, 5) is 26.7. The third kappa shape index (κ3) is 4.35. The lowest BCUT2D eigenvalue weighted by molar-refractivity contribution is 0.0712. The molecule has 2 aromatic carbocycles. The van der Waals surface area contributed by atoms with E-state index in [0.29, 0.717) is 29.7 Å². The van der Waals surface area contributed by atoms with Gasteiger partial charge in [-0.1, -0.05) is 29.5 Å². The van der Waals surface area contributed by atoms with Crippen molar-refractivity contribution in [1.82, 2.24) is 15.1 Å². The lowest BCUT2D eigenvalue weighted by atomic mass is 9.97. The molecule has 30 heavy (non-hydrogen) atoms. The molecule has 0 radical (unpaired) electrons. The molecule has 6 nitrogen and oxygen atoms in total. The Hall–Kier alpha value is -3.20. The van der Waals surface area contributed by atoms with E-state index in [1.165, 1.54) is 0 Å². The molecule has 1 N–H and O–H groups in total. The van der Waals surface area contributed by atoms with Crippen LogP contribution < -0.4 is 5.32 Å². The average Bonchev–Trinajstić information content (AvgIpc) is 3.26. The molecule has 1 aliphatic rings. The van der Waals surface area contributed by atoms with Crippen molar-refractivity contribution < 1.29 is 18.4 Å². The van der Waals surface area contributed by atoms with Crippen molar-refractivity contribution in [2.75, 3.05) is 18.4 Å². The highest BCUT2D eigenvalue weighted by molar-refractivity contribution is 7.13. The van der Waals surface area contributed by atoms with Crippen LogP contribution in [0.1, 0.15) is 43.9 Å². The Labute approximate surface area is 175 Å². The number of hydrogen-bond donors (Lipinski definition) is 1. The molecule has 0 unspecified atom stereocenters. The number of aromatic nitrogens is 2. The number of hydrogen-bond acceptors (Lipinski definition) is 5. The van der Waals surface area contributed by atoms with Gasteiger partial charge in [0.1, 0.15) is 16.6 Å². The van der Waals surface area contributed by atoms with Gasteiger partial charge >= 0.3 is 0 Å². The monoisotopic (exact) mass is 428 g/mol. The number of piperidine rings is 1. The van der Waals surface area contributed by atoms with Gasteiger partial charge in [-0.2, -0.15) is 0 Å². The summed E-state index contributed by atoms with van der Waals surface area (Å²) >= 11 is 1.15. The maximum absolute atomic E-state index is 13.7. The van der Waals surface area contributed by atoms with E-state index >= 15 is 0 Å². The highest BCUT2D eigenvalue weighted by atomic mass is 32.1. The first-order chi connectivity index (χ1) is 14.5. The predicted molar refractivity (Wildman–Crippen MR) is 109 cm³/mol. The molecule has 2 heterocycles. The third-order valence-corrected chi connectivity index (χ3v) is 6.05. The Morgan fingerprint density at radius 3 is 2.47 bits per heavy atom. The standard InChI is InChI=1S/C21H18F2N4O2S/c22-15-6-7-17(16(23)12-15)24-18(28)20-26-25-19(30-20)13-8-10-27(11-9-13)21(29)14-4-2-1-3-5-14/h1-7,12-13H,8-11H2,(H,24,28). The van der Waals surface area contributed by atoms with Gasteiger partial charge in [-0.3, -0.25) is 9.59 Å². The van der Waals surface area contributed by atoms with Gasteiger partial charge in [0.25, 0.3) is 11.8 Å². The van der Waals surface area contributed by atoms with Gasteiger partial charge in [0.15, 0.2) is 0 Å². The number of amides is 2. The molecule has 1 aromatic heterocycles. The minimum Gasteiger partial charge on any atom is -0.339 e. The van der Waals surface area contributed by atoms with E-state index in [1.54, 1.807) is 12.1 Å². The first-order valence-electron chi connectivity index (χ1n) is 9.45. The van der Waals surface area contributed by atoms with E-state index in [1.807, 2.05) is 23.1 Å². The SMILES string of the molecule is O=C(Nc1ccc(F)cc1F)c1nnc(C2CCN(C(=O)c3ccccc3)CC2)s1. The predicted octanol–water partition coefficient (Wildman–Crippen LogP) is 4.09. The lowest BCUT2D eigenvalue weighted by Crippen LogP contribution is -2.37. The summed E-state index contributed by atoms with van der Waals surface area (Å²) in [5.74, 6) is -2.07. The van der Waals surface area contributed by atoms with Gasteiger partial charge in [-0.15, -0.1) is 10.2 Å². The van der Waals surface area contributed by atoms with Crippen LogP contribution in [0.2, 0.25) is 0 Å². The zero-order valence-electron chi connectivity index (χ0n) is 15.8. The minimum absolute atomic E-state index is 0.00713. The van der Waals surface area contributed by atoms with Crippen LogP contribution in [-0.2, 0) is 0 Å². The average molecular weight is 428 g/mol. The zero-order valence-corrected chi connectivity index (χ0v) is 16.7. The fourth-order valence-corrected chi connectivity index (χ4v) is 4.26. The maximum Gasteiger partial charge on any atom is 0.286 e. The second-order valence-electron chi connectivity index (χ2n) is 6.96. The van der Waals surface area contributed by atoms with Crippen LogP contribution in [0, 0.1) is 11.6 Å². The molecule has 9 heteroatoms. The molecule has 0 spiro atoms. The first-order valence-corrected chi connectivity index (χ1v) is 10.3. The van der Waals surface area contributed by atoms with E-state index in [4.69, 9.17) is 0 Å². The Bertz CT molecular complexity index is 1070. The largest absolute Gasteiger partial charge is 0.339 e. The van der Waals surface area contributed by atoms with Crippen LogP contribution in [0.4, 0.5) is 14.5 Å². The normalized spacial score (nSPS) is 14.5. The molecule has 1 fully saturated rings. The van der Waals surface area contributed by atoms with E-state index in [9.17, 15) is 18.4 Å². The van der Waals surface area contributed by atoms with Gasteiger partial charge in [0, 0.05) is 30.6 Å². The summed E-state index contributed by atoms with van der Waals surface area (Å²) in [5.41, 5.74) is 0.546. The summed E-state index contributed by atoms with van der Waals surface area (Å²) in [6.45, 7) is 1.20. The number of likely N-dealkylation sites (tertiary alicyclic amines) is 1. The van der Waals surface area contributed by atoms with Crippen molar-refractivity contribution >= 4 is 28.8 Å². The molecule has 3 aromatic rings. The molecular formula is C21H18F2N4O2S. The van der Waals surface area contributed by atoms with E-state index in [2.05, 4.69) is 15.5 Å². The second-order valence-corrected chi connectivity index (χ2v) is 7.97. The van der Waals surface area contributed by atoms with Crippen LogP contribution in [0.15, 0.2) is 48.5 Å². The fourth-order valence-electron chi connectivity index (χ4n) is 3.35. The van der Waals surface area contributed by atoms with Gasteiger partial charge < -0.3 is 10.2 Å². The fraction of sp³-hybridized carbons (Fsp3) is 0.238. The van der Waals surface area contributed by atoms with Crippen molar-refractivity contribution in [2.24, 2.45) is 0 Å². The number of nitrogens with one attached hydrogen (secondary N) is 1. The number of carbonyl (C=O) groups is 2. The molecule has 2 amide bonds. The molecule has 0 aliphatic carbocycles. The van der Waals surface area contributed by atoms with Crippen molar-refractivity contribution in [2.45, 2.75) is 18.8 Å². The van der Waals surface area contributed by atoms with Gasteiger partial charge in [0.2, 0.25) is 5.01 Å². The summed E-state index contributed by atoms with van der Waals surface area (Å²) in [5, 5.41) is 11.2. The van der Waals surface area contributed by atoms with Gasteiger partial charge in [0.05, 0.1) is 5.69 Å². The molecule has 1 saturated heterocycles. The number of benzene rings is 2. The number of carbonyl (C=O) groups excluding carboxylic acids is 2. The van der Waals surface area contributed by atoms with Crippen LogP contribution in [-0.4, -0.2) is 40.0 Å². The summed E-state index contributed by atoms with van der Waals surface area (Å²) < 4.78 is 26.7. The summed E-state index contributed by atoms with van der Waals surface area (Å²) in [6.07, 6.45) is 1.45. The highest BCUT2D eigenvalue weighted by Gasteiger charge is 2.27.